The summed E-state index contributed by atoms with van der Waals surface area (Å²) < 4.78 is 0. The second-order valence-electron chi connectivity index (χ2n) is 10.2. The molecule has 0 radical (unpaired) electrons. The Morgan fingerprint density at radius 2 is 1.97 bits per heavy atom. The minimum absolute atomic E-state index is 0.0129. The Hall–Kier alpha value is -1.47. The molecule has 4 N–H and O–H groups in total. The van der Waals surface area contributed by atoms with Gasteiger partial charge in [0.1, 0.15) is 11.9 Å². The lowest BCUT2D eigenvalue weighted by molar-refractivity contribution is -0.123. The van der Waals surface area contributed by atoms with Gasteiger partial charge in [0.2, 0.25) is 5.91 Å². The molecule has 0 bridgehead atoms. The highest BCUT2D eigenvalue weighted by Crippen LogP contribution is 2.42. The van der Waals surface area contributed by atoms with Crippen LogP contribution in [0.4, 0.5) is 0 Å². The van der Waals surface area contributed by atoms with Gasteiger partial charge in [-0.1, -0.05) is 37.5 Å². The fourth-order valence-electron chi connectivity index (χ4n) is 6.38. The summed E-state index contributed by atoms with van der Waals surface area (Å²) in [6.45, 7) is 5.25. The number of piperidine rings is 1. The molecule has 2 heterocycles. The van der Waals surface area contributed by atoms with E-state index in [0.717, 1.165) is 32.2 Å². The average Bonchev–Trinajstić information content (AvgIpc) is 3.38. The highest BCUT2D eigenvalue weighted by molar-refractivity contribution is 5.85. The predicted octanol–water partition coefficient (Wildman–Crippen LogP) is 3.18. The van der Waals surface area contributed by atoms with Gasteiger partial charge >= 0.3 is 0 Å². The number of nitrogens with one attached hydrogen (secondary N) is 4. The van der Waals surface area contributed by atoms with E-state index in [2.05, 4.69) is 53.5 Å². The Morgan fingerprint density at radius 1 is 1.13 bits per heavy atom. The van der Waals surface area contributed by atoms with Gasteiger partial charge in [0.15, 0.2) is 0 Å². The number of carbonyl (C=O) groups is 1. The van der Waals surface area contributed by atoms with Crippen molar-refractivity contribution in [2.75, 3.05) is 6.54 Å². The fourth-order valence-corrected chi connectivity index (χ4v) is 6.38. The smallest absolute Gasteiger partial charge is 0.227 e. The molecule has 3 fully saturated rings. The van der Waals surface area contributed by atoms with Crippen LogP contribution in [0.15, 0.2) is 18.2 Å². The summed E-state index contributed by atoms with van der Waals surface area (Å²) >= 11 is 0. The molecule has 2 aliphatic carbocycles. The third-order valence-corrected chi connectivity index (χ3v) is 8.01. The van der Waals surface area contributed by atoms with Crippen molar-refractivity contribution in [2.45, 2.75) is 102 Å². The summed E-state index contributed by atoms with van der Waals surface area (Å²) in [5.74, 6) is 0.716. The highest BCUT2D eigenvalue weighted by Gasteiger charge is 2.46. The second-order valence-corrected chi connectivity index (χ2v) is 10.2. The van der Waals surface area contributed by atoms with Crippen molar-refractivity contribution in [1.29, 1.82) is 0 Å². The van der Waals surface area contributed by atoms with Gasteiger partial charge < -0.3 is 10.6 Å². The lowest BCUT2D eigenvalue weighted by Gasteiger charge is -2.39. The van der Waals surface area contributed by atoms with E-state index in [9.17, 15) is 4.79 Å². The van der Waals surface area contributed by atoms with Gasteiger partial charge in [-0.15, -0.1) is 0 Å². The number of hydroxylamine groups is 1. The Labute approximate surface area is 186 Å². The molecular weight excluding hydrogens is 388 g/mol. The first-order valence-electron chi connectivity index (χ1n) is 12.4. The number of hydrogen-bond acceptors (Lipinski definition) is 5. The minimum atomic E-state index is -0.319. The topological polar surface area (TPSA) is 74.4 Å². The lowest BCUT2D eigenvalue weighted by Crippen LogP contribution is -2.53. The molecule has 5 rings (SSSR count). The van der Waals surface area contributed by atoms with Crippen LogP contribution in [0, 0.1) is 5.92 Å². The van der Waals surface area contributed by atoms with E-state index in [1.54, 1.807) is 0 Å². The number of carbonyl (C=O) groups excluding carboxylic acids is 1. The largest absolute Gasteiger partial charge is 0.353 e. The molecule has 0 spiro atoms. The summed E-state index contributed by atoms with van der Waals surface area (Å²) in [5, 5.41) is 10.5. The monoisotopic (exact) mass is 426 g/mol. The zero-order chi connectivity index (χ0) is 21.4. The van der Waals surface area contributed by atoms with Crippen LogP contribution in [-0.4, -0.2) is 30.8 Å². The number of fused-ring (bicyclic) bond motifs is 1. The van der Waals surface area contributed by atoms with Crippen LogP contribution in [-0.2, 0) is 21.7 Å². The maximum atomic E-state index is 13.1. The summed E-state index contributed by atoms with van der Waals surface area (Å²) in [6, 6.07) is 7.55. The standard InChI is InChI=1S/C25H38N4O2/c1-16-14-21(12-13-26-16)27-24(30)23-10-8-18-15-20(9-11-22(18)23)25(28-17(2)31-29-25)19-6-4-3-5-7-19/h9,11,15-17,19,21,23,26,28-29H,3-8,10,12-14H2,1-2H3,(H,27,30)/t16?,17?,21?,23-,25?/m0/s1. The first kappa shape index (κ1) is 21.4. The van der Waals surface area contributed by atoms with E-state index in [0.29, 0.717) is 18.0 Å². The van der Waals surface area contributed by atoms with Crippen molar-refractivity contribution >= 4 is 5.91 Å². The van der Waals surface area contributed by atoms with Gasteiger partial charge in [0.25, 0.3) is 0 Å². The second kappa shape index (κ2) is 8.81. The van der Waals surface area contributed by atoms with E-state index >= 15 is 0 Å². The molecule has 1 aromatic carbocycles. The molecule has 1 amide bonds. The Bertz CT molecular complexity index is 809. The molecule has 6 heteroatoms. The van der Waals surface area contributed by atoms with Crippen molar-refractivity contribution in [3.63, 3.8) is 0 Å². The lowest BCUT2D eigenvalue weighted by atomic mass is 9.76. The number of benzene rings is 1. The summed E-state index contributed by atoms with van der Waals surface area (Å²) in [4.78, 5) is 18.9. The maximum Gasteiger partial charge on any atom is 0.227 e. The molecule has 2 saturated heterocycles. The fraction of sp³-hybridized carbons (Fsp3) is 0.720. The summed E-state index contributed by atoms with van der Waals surface area (Å²) in [7, 11) is 0. The molecule has 6 nitrogen and oxygen atoms in total. The zero-order valence-corrected chi connectivity index (χ0v) is 19.0. The number of rotatable bonds is 4. The van der Waals surface area contributed by atoms with Crippen LogP contribution in [0.25, 0.3) is 0 Å². The molecule has 2 aliphatic heterocycles. The van der Waals surface area contributed by atoms with E-state index in [1.165, 1.54) is 48.8 Å². The van der Waals surface area contributed by atoms with Crippen LogP contribution >= 0.6 is 0 Å². The van der Waals surface area contributed by atoms with Crippen LogP contribution in [0.1, 0.15) is 87.8 Å². The van der Waals surface area contributed by atoms with Crippen LogP contribution in [0.2, 0.25) is 0 Å². The molecule has 0 aromatic heterocycles. The third-order valence-electron chi connectivity index (χ3n) is 8.01. The molecule has 31 heavy (non-hydrogen) atoms. The van der Waals surface area contributed by atoms with E-state index in [-0.39, 0.29) is 23.7 Å². The highest BCUT2D eigenvalue weighted by atomic mass is 16.7. The molecule has 1 saturated carbocycles. The van der Waals surface area contributed by atoms with Gasteiger partial charge in [-0.2, -0.15) is 5.48 Å². The summed E-state index contributed by atoms with van der Waals surface area (Å²) in [6.07, 6.45) is 10.2. The molecule has 1 aromatic rings. The summed E-state index contributed by atoms with van der Waals surface area (Å²) in [5.41, 5.74) is 6.88. The van der Waals surface area contributed by atoms with Gasteiger partial charge in [-0.25, -0.2) is 0 Å². The van der Waals surface area contributed by atoms with Gasteiger partial charge in [0, 0.05) is 12.1 Å². The third kappa shape index (κ3) is 4.15. The van der Waals surface area contributed by atoms with Crippen LogP contribution in [0.5, 0.6) is 0 Å². The number of aryl methyl sites for hydroxylation is 1. The van der Waals surface area contributed by atoms with E-state index in [1.807, 2.05) is 0 Å². The van der Waals surface area contributed by atoms with Crippen LogP contribution in [0.3, 0.4) is 0 Å². The molecular formula is C25H38N4O2. The van der Waals surface area contributed by atoms with Crippen molar-refractivity contribution in [2.24, 2.45) is 5.92 Å². The molecule has 4 unspecified atom stereocenters. The van der Waals surface area contributed by atoms with E-state index in [4.69, 9.17) is 4.84 Å². The van der Waals surface area contributed by atoms with Crippen molar-refractivity contribution < 1.29 is 9.63 Å². The number of amides is 1. The quantitative estimate of drug-likeness (QED) is 0.595. The number of hydrogen-bond donors (Lipinski definition) is 4. The van der Waals surface area contributed by atoms with Gasteiger partial charge in [-0.05, 0) is 81.5 Å². The Morgan fingerprint density at radius 3 is 2.71 bits per heavy atom. The van der Waals surface area contributed by atoms with Crippen molar-refractivity contribution in [1.82, 2.24) is 21.4 Å². The van der Waals surface area contributed by atoms with Crippen molar-refractivity contribution in [3.8, 4) is 0 Å². The van der Waals surface area contributed by atoms with E-state index < -0.39 is 0 Å². The first-order chi connectivity index (χ1) is 15.0. The maximum absolute atomic E-state index is 13.1. The van der Waals surface area contributed by atoms with Crippen molar-refractivity contribution in [3.05, 3.63) is 34.9 Å². The molecule has 4 aliphatic rings. The predicted molar refractivity (Wildman–Crippen MR) is 121 cm³/mol. The van der Waals surface area contributed by atoms with Gasteiger partial charge in [-0.3, -0.25) is 14.9 Å². The van der Waals surface area contributed by atoms with Crippen LogP contribution < -0.4 is 21.4 Å². The molecule has 5 atom stereocenters. The minimum Gasteiger partial charge on any atom is -0.353 e. The normalized spacial score (nSPS) is 36.3. The SMILES string of the molecule is CC1CC(NC(=O)[C@H]2CCc3cc(C4(C5CCCCC5)NOC(C)N4)ccc32)CCN1. The Balaban J connectivity index is 1.35. The first-order valence-corrected chi connectivity index (χ1v) is 12.4. The van der Waals surface area contributed by atoms with Gasteiger partial charge in [0.05, 0.1) is 5.92 Å². The average molecular weight is 427 g/mol. The Kier molecular flexibility index (Phi) is 6.08. The molecule has 170 valence electrons. The zero-order valence-electron chi connectivity index (χ0n) is 19.0.